The molecule has 2 aromatic rings. The molecule has 2 rings (SSSR count). The Morgan fingerprint density at radius 2 is 1.78 bits per heavy atom. The molecule has 0 unspecified atom stereocenters. The van der Waals surface area contributed by atoms with Gasteiger partial charge in [-0.1, -0.05) is 18.2 Å². The first-order valence-electron chi connectivity index (χ1n) is 5.59. The van der Waals surface area contributed by atoms with Crippen molar-refractivity contribution < 1.29 is 14.6 Å². The Balaban J connectivity index is 2.50. The van der Waals surface area contributed by atoms with Gasteiger partial charge in [0.1, 0.15) is 11.5 Å². The molecule has 18 heavy (non-hydrogen) atoms. The van der Waals surface area contributed by atoms with E-state index in [9.17, 15) is 9.90 Å². The summed E-state index contributed by atoms with van der Waals surface area (Å²) in [6.07, 6.45) is 0.653. The van der Waals surface area contributed by atoms with Crippen molar-refractivity contribution in [3.63, 3.8) is 0 Å². The number of carbonyl (C=O) groups excluding carboxylic acids is 1. The van der Waals surface area contributed by atoms with Gasteiger partial charge in [0.15, 0.2) is 6.29 Å². The SMILES string of the molecule is COc1ccc(-c2ccc(C=O)c(O)c2C)cc1. The predicted octanol–water partition coefficient (Wildman–Crippen LogP) is 3.19. The molecule has 1 N–H and O–H groups in total. The molecule has 0 saturated heterocycles. The number of phenolic OH excluding ortho intramolecular Hbond substituents is 1. The van der Waals surface area contributed by atoms with Crippen LogP contribution in [0.2, 0.25) is 0 Å². The van der Waals surface area contributed by atoms with Gasteiger partial charge in [0, 0.05) is 0 Å². The van der Waals surface area contributed by atoms with Gasteiger partial charge in [-0.15, -0.1) is 0 Å². The van der Waals surface area contributed by atoms with Crippen LogP contribution in [0.1, 0.15) is 15.9 Å². The van der Waals surface area contributed by atoms with E-state index in [1.165, 1.54) is 0 Å². The number of ether oxygens (including phenoxy) is 1. The molecular weight excluding hydrogens is 228 g/mol. The second kappa shape index (κ2) is 4.92. The Kier molecular flexibility index (Phi) is 3.33. The Morgan fingerprint density at radius 1 is 1.11 bits per heavy atom. The van der Waals surface area contributed by atoms with E-state index in [1.807, 2.05) is 30.3 Å². The molecule has 0 amide bonds. The van der Waals surface area contributed by atoms with Crippen LogP contribution in [0, 0.1) is 6.92 Å². The van der Waals surface area contributed by atoms with Gasteiger partial charge in [0.2, 0.25) is 0 Å². The molecule has 0 fully saturated rings. The normalized spacial score (nSPS) is 10.1. The van der Waals surface area contributed by atoms with Crippen molar-refractivity contribution >= 4 is 6.29 Å². The van der Waals surface area contributed by atoms with Crippen LogP contribution in [0.5, 0.6) is 11.5 Å². The van der Waals surface area contributed by atoms with E-state index in [0.29, 0.717) is 17.4 Å². The number of phenols is 1. The van der Waals surface area contributed by atoms with Crippen LogP contribution < -0.4 is 4.74 Å². The summed E-state index contributed by atoms with van der Waals surface area (Å²) in [7, 11) is 1.62. The number of aldehydes is 1. The molecule has 0 aliphatic heterocycles. The Bertz CT molecular complexity index is 571. The molecular formula is C15H14O3. The third kappa shape index (κ3) is 2.07. The maximum Gasteiger partial charge on any atom is 0.153 e. The first-order chi connectivity index (χ1) is 8.67. The van der Waals surface area contributed by atoms with Crippen LogP contribution in [0.25, 0.3) is 11.1 Å². The molecule has 0 radical (unpaired) electrons. The summed E-state index contributed by atoms with van der Waals surface area (Å²) in [6, 6.07) is 11.0. The minimum atomic E-state index is 0.0401. The molecule has 0 aliphatic carbocycles. The van der Waals surface area contributed by atoms with Gasteiger partial charge in [-0.25, -0.2) is 0 Å². The van der Waals surface area contributed by atoms with Crippen LogP contribution in [-0.2, 0) is 0 Å². The lowest BCUT2D eigenvalue weighted by Crippen LogP contribution is -1.89. The molecule has 0 aromatic heterocycles. The van der Waals surface area contributed by atoms with Crippen LogP contribution in [-0.4, -0.2) is 18.5 Å². The van der Waals surface area contributed by atoms with E-state index in [4.69, 9.17) is 4.74 Å². The number of benzene rings is 2. The summed E-state index contributed by atoms with van der Waals surface area (Å²) in [5.41, 5.74) is 2.89. The third-order valence-corrected chi connectivity index (χ3v) is 2.99. The van der Waals surface area contributed by atoms with Gasteiger partial charge in [-0.05, 0) is 41.8 Å². The fourth-order valence-electron chi connectivity index (χ4n) is 1.90. The average Bonchev–Trinajstić information content (AvgIpc) is 2.42. The fourth-order valence-corrected chi connectivity index (χ4v) is 1.90. The van der Waals surface area contributed by atoms with Crippen molar-refractivity contribution in [2.24, 2.45) is 0 Å². The van der Waals surface area contributed by atoms with E-state index in [0.717, 1.165) is 16.9 Å². The zero-order valence-corrected chi connectivity index (χ0v) is 10.3. The Morgan fingerprint density at radius 3 is 2.33 bits per heavy atom. The van der Waals surface area contributed by atoms with Gasteiger partial charge in [-0.2, -0.15) is 0 Å². The van der Waals surface area contributed by atoms with Crippen molar-refractivity contribution in [2.45, 2.75) is 6.92 Å². The lowest BCUT2D eigenvalue weighted by Gasteiger charge is -2.10. The van der Waals surface area contributed by atoms with Gasteiger partial charge in [0.25, 0.3) is 0 Å². The number of methoxy groups -OCH3 is 1. The van der Waals surface area contributed by atoms with Gasteiger partial charge < -0.3 is 9.84 Å². The monoisotopic (exact) mass is 242 g/mol. The maximum absolute atomic E-state index is 10.7. The van der Waals surface area contributed by atoms with E-state index < -0.39 is 0 Å². The Labute approximate surface area is 106 Å². The summed E-state index contributed by atoms with van der Waals surface area (Å²) in [4.78, 5) is 10.7. The lowest BCUT2D eigenvalue weighted by atomic mass is 9.97. The molecule has 0 aliphatic rings. The quantitative estimate of drug-likeness (QED) is 0.841. The highest BCUT2D eigenvalue weighted by Gasteiger charge is 2.09. The van der Waals surface area contributed by atoms with Crippen LogP contribution in [0.3, 0.4) is 0 Å². The van der Waals surface area contributed by atoms with Gasteiger partial charge in [0.05, 0.1) is 12.7 Å². The number of hydrogen-bond donors (Lipinski definition) is 1. The Hall–Kier alpha value is -2.29. The van der Waals surface area contributed by atoms with Gasteiger partial charge in [-0.3, -0.25) is 4.79 Å². The number of hydrogen-bond acceptors (Lipinski definition) is 3. The second-order valence-corrected chi connectivity index (χ2v) is 4.02. The van der Waals surface area contributed by atoms with E-state index in [-0.39, 0.29) is 5.75 Å². The minimum Gasteiger partial charge on any atom is -0.507 e. The molecule has 0 bridgehead atoms. The molecule has 0 saturated carbocycles. The molecule has 92 valence electrons. The van der Waals surface area contributed by atoms with Gasteiger partial charge >= 0.3 is 0 Å². The first-order valence-corrected chi connectivity index (χ1v) is 5.59. The summed E-state index contributed by atoms with van der Waals surface area (Å²) in [5, 5.41) is 9.88. The van der Waals surface area contributed by atoms with Crippen LogP contribution in [0.15, 0.2) is 36.4 Å². The van der Waals surface area contributed by atoms with Crippen molar-refractivity contribution in [2.75, 3.05) is 7.11 Å². The maximum atomic E-state index is 10.7. The smallest absolute Gasteiger partial charge is 0.153 e. The largest absolute Gasteiger partial charge is 0.507 e. The molecule has 3 nitrogen and oxygen atoms in total. The summed E-state index contributed by atoms with van der Waals surface area (Å²) in [5.74, 6) is 0.823. The van der Waals surface area contributed by atoms with Crippen LogP contribution in [0.4, 0.5) is 0 Å². The van der Waals surface area contributed by atoms with E-state index in [1.54, 1.807) is 20.1 Å². The molecule has 0 atom stereocenters. The van der Waals surface area contributed by atoms with Crippen LogP contribution >= 0.6 is 0 Å². The third-order valence-electron chi connectivity index (χ3n) is 2.99. The lowest BCUT2D eigenvalue weighted by molar-refractivity contribution is 0.112. The summed E-state index contributed by atoms with van der Waals surface area (Å²) < 4.78 is 5.10. The fraction of sp³-hybridized carbons (Fsp3) is 0.133. The highest BCUT2D eigenvalue weighted by atomic mass is 16.5. The molecule has 3 heteroatoms. The van der Waals surface area contributed by atoms with Crippen molar-refractivity contribution in [3.05, 3.63) is 47.5 Å². The zero-order chi connectivity index (χ0) is 13.1. The minimum absolute atomic E-state index is 0.0401. The molecule has 0 spiro atoms. The van der Waals surface area contributed by atoms with Crippen molar-refractivity contribution in [3.8, 4) is 22.6 Å². The summed E-state index contributed by atoms with van der Waals surface area (Å²) >= 11 is 0. The van der Waals surface area contributed by atoms with E-state index in [2.05, 4.69) is 0 Å². The van der Waals surface area contributed by atoms with Crippen molar-refractivity contribution in [1.29, 1.82) is 0 Å². The second-order valence-electron chi connectivity index (χ2n) is 4.02. The average molecular weight is 242 g/mol. The first kappa shape index (κ1) is 12.2. The van der Waals surface area contributed by atoms with E-state index >= 15 is 0 Å². The molecule has 0 heterocycles. The highest BCUT2D eigenvalue weighted by Crippen LogP contribution is 2.32. The summed E-state index contributed by atoms with van der Waals surface area (Å²) in [6.45, 7) is 1.79. The van der Waals surface area contributed by atoms with Crippen molar-refractivity contribution in [1.82, 2.24) is 0 Å². The number of rotatable bonds is 3. The number of aromatic hydroxyl groups is 1. The highest BCUT2D eigenvalue weighted by molar-refractivity contribution is 5.83. The molecule has 2 aromatic carbocycles. The topological polar surface area (TPSA) is 46.5 Å². The standard InChI is InChI=1S/C15H14O3/c1-10-14(8-5-12(9-16)15(10)17)11-3-6-13(18-2)7-4-11/h3-9,17H,1-2H3. The predicted molar refractivity (Wildman–Crippen MR) is 70.2 cm³/mol. The number of carbonyl (C=O) groups is 1. The zero-order valence-electron chi connectivity index (χ0n) is 10.3.